The Morgan fingerprint density at radius 1 is 1.03 bits per heavy atom. The van der Waals surface area contributed by atoms with Crippen molar-refractivity contribution < 1.29 is 19.4 Å². The van der Waals surface area contributed by atoms with Gasteiger partial charge in [0.1, 0.15) is 11.5 Å². The summed E-state index contributed by atoms with van der Waals surface area (Å²) in [5, 5.41) is 11.3. The minimum atomic E-state index is -0.728. The first-order valence-electron chi connectivity index (χ1n) is 11.9. The highest BCUT2D eigenvalue weighted by Crippen LogP contribution is 2.40. The number of rotatable bonds is 8. The number of carbonyl (C=O) groups excluding carboxylic acids is 2. The third-order valence-corrected chi connectivity index (χ3v) is 6.12. The van der Waals surface area contributed by atoms with Gasteiger partial charge in [-0.1, -0.05) is 51.1 Å². The predicted molar refractivity (Wildman–Crippen MR) is 135 cm³/mol. The molecular formula is C29H30N2O4. The summed E-state index contributed by atoms with van der Waals surface area (Å²) in [4.78, 5) is 32.2. The summed E-state index contributed by atoms with van der Waals surface area (Å²) >= 11 is 0. The SMILES string of the molecule is CCCOc1ccc(/C(O)=C2\C(=O)C(=O)N(Cc3ccccn3)C2c2ccc(C(C)C)cc2)cc1. The summed E-state index contributed by atoms with van der Waals surface area (Å²) in [6.45, 7) is 6.99. The van der Waals surface area contributed by atoms with Gasteiger partial charge in [0.2, 0.25) is 0 Å². The first-order valence-corrected chi connectivity index (χ1v) is 11.9. The Morgan fingerprint density at radius 3 is 2.34 bits per heavy atom. The van der Waals surface area contributed by atoms with Gasteiger partial charge < -0.3 is 14.7 Å². The molecule has 1 atom stereocenters. The van der Waals surface area contributed by atoms with Gasteiger partial charge in [-0.25, -0.2) is 0 Å². The lowest BCUT2D eigenvalue weighted by molar-refractivity contribution is -0.140. The molecule has 1 N–H and O–H groups in total. The number of carbonyl (C=O) groups is 2. The van der Waals surface area contributed by atoms with E-state index in [2.05, 4.69) is 18.8 Å². The van der Waals surface area contributed by atoms with Crippen molar-refractivity contribution in [3.63, 3.8) is 0 Å². The Balaban J connectivity index is 1.78. The lowest BCUT2D eigenvalue weighted by Gasteiger charge is -2.25. The van der Waals surface area contributed by atoms with Crippen LogP contribution in [0.25, 0.3) is 5.76 Å². The number of pyridine rings is 1. The number of aliphatic hydroxyl groups excluding tert-OH is 1. The number of aromatic nitrogens is 1. The Bertz CT molecular complexity index is 1220. The maximum Gasteiger partial charge on any atom is 0.296 e. The van der Waals surface area contributed by atoms with E-state index in [1.807, 2.05) is 43.3 Å². The van der Waals surface area contributed by atoms with Gasteiger partial charge >= 0.3 is 0 Å². The molecule has 0 bridgehead atoms. The summed E-state index contributed by atoms with van der Waals surface area (Å²) in [6, 6.07) is 19.5. The van der Waals surface area contributed by atoms with Gasteiger partial charge in [0.15, 0.2) is 0 Å². The molecular weight excluding hydrogens is 440 g/mol. The molecule has 6 heteroatoms. The lowest BCUT2D eigenvalue weighted by atomic mass is 9.93. The number of likely N-dealkylation sites (tertiary alicyclic amines) is 1. The lowest BCUT2D eigenvalue weighted by Crippen LogP contribution is -2.29. The molecule has 3 aromatic rings. The highest BCUT2D eigenvalue weighted by Gasteiger charge is 2.46. The van der Waals surface area contributed by atoms with Gasteiger partial charge in [-0.15, -0.1) is 0 Å². The van der Waals surface area contributed by atoms with Gasteiger partial charge in [0.05, 0.1) is 30.5 Å². The van der Waals surface area contributed by atoms with Crippen molar-refractivity contribution in [1.82, 2.24) is 9.88 Å². The van der Waals surface area contributed by atoms with Crippen molar-refractivity contribution in [3.05, 3.63) is 101 Å². The molecule has 1 aliphatic rings. The molecule has 2 heterocycles. The fraction of sp³-hybridized carbons (Fsp3) is 0.276. The maximum atomic E-state index is 13.2. The van der Waals surface area contributed by atoms with Crippen LogP contribution in [0.15, 0.2) is 78.5 Å². The van der Waals surface area contributed by atoms with Gasteiger partial charge in [0.25, 0.3) is 11.7 Å². The standard InChI is InChI=1S/C29H30N2O4/c1-4-17-35-24-14-12-22(13-15-24)27(32)25-26(21-10-8-20(9-11-21)19(2)3)31(29(34)28(25)33)18-23-7-5-6-16-30-23/h5-16,19,26,32H,4,17-18H2,1-3H3/b27-25+. The molecule has 35 heavy (non-hydrogen) atoms. The van der Waals surface area contributed by atoms with Crippen LogP contribution in [0.3, 0.4) is 0 Å². The van der Waals surface area contributed by atoms with E-state index in [0.29, 0.717) is 29.5 Å². The van der Waals surface area contributed by atoms with Crippen LogP contribution in [0.4, 0.5) is 0 Å². The van der Waals surface area contributed by atoms with Crippen LogP contribution in [0, 0.1) is 0 Å². The number of aliphatic hydroxyl groups is 1. The van der Waals surface area contributed by atoms with Crippen molar-refractivity contribution in [1.29, 1.82) is 0 Å². The Hall–Kier alpha value is -3.93. The zero-order valence-corrected chi connectivity index (χ0v) is 20.3. The van der Waals surface area contributed by atoms with Gasteiger partial charge in [-0.3, -0.25) is 14.6 Å². The molecule has 0 spiro atoms. The van der Waals surface area contributed by atoms with E-state index in [-0.39, 0.29) is 17.9 Å². The summed E-state index contributed by atoms with van der Waals surface area (Å²) in [5.74, 6) is -0.537. The molecule has 2 aromatic carbocycles. The summed E-state index contributed by atoms with van der Waals surface area (Å²) < 4.78 is 5.62. The third-order valence-electron chi connectivity index (χ3n) is 6.12. The molecule has 1 amide bonds. The van der Waals surface area contributed by atoms with E-state index < -0.39 is 17.7 Å². The molecule has 4 rings (SSSR count). The zero-order valence-electron chi connectivity index (χ0n) is 20.3. The van der Waals surface area contributed by atoms with Crippen molar-refractivity contribution >= 4 is 17.4 Å². The number of hydrogen-bond acceptors (Lipinski definition) is 5. The molecule has 1 fully saturated rings. The average Bonchev–Trinajstić information content (AvgIpc) is 3.13. The molecule has 6 nitrogen and oxygen atoms in total. The molecule has 180 valence electrons. The molecule has 0 saturated carbocycles. The zero-order chi connectivity index (χ0) is 24.9. The van der Waals surface area contributed by atoms with E-state index in [4.69, 9.17) is 4.74 Å². The van der Waals surface area contributed by atoms with E-state index >= 15 is 0 Å². The average molecular weight is 471 g/mol. The molecule has 1 aromatic heterocycles. The molecule has 1 unspecified atom stereocenters. The van der Waals surface area contributed by atoms with Crippen LogP contribution in [0.5, 0.6) is 5.75 Å². The van der Waals surface area contributed by atoms with Crippen LogP contribution >= 0.6 is 0 Å². The van der Waals surface area contributed by atoms with Gasteiger partial charge in [-0.05, 0) is 59.9 Å². The minimum absolute atomic E-state index is 0.0745. The topological polar surface area (TPSA) is 79.7 Å². The predicted octanol–water partition coefficient (Wildman–Crippen LogP) is 5.62. The fourth-order valence-electron chi connectivity index (χ4n) is 4.20. The second-order valence-electron chi connectivity index (χ2n) is 8.94. The van der Waals surface area contributed by atoms with E-state index in [1.165, 1.54) is 4.90 Å². The monoisotopic (exact) mass is 470 g/mol. The number of hydrogen-bond donors (Lipinski definition) is 1. The van der Waals surface area contributed by atoms with E-state index in [1.54, 1.807) is 36.5 Å². The first kappa shape index (κ1) is 24.2. The highest BCUT2D eigenvalue weighted by atomic mass is 16.5. The van der Waals surface area contributed by atoms with Crippen LogP contribution in [0.2, 0.25) is 0 Å². The first-order chi connectivity index (χ1) is 16.9. The van der Waals surface area contributed by atoms with Crippen molar-refractivity contribution in [2.75, 3.05) is 6.61 Å². The maximum absolute atomic E-state index is 13.2. The van der Waals surface area contributed by atoms with Crippen molar-refractivity contribution in [2.24, 2.45) is 0 Å². The smallest absolute Gasteiger partial charge is 0.296 e. The molecule has 1 saturated heterocycles. The molecule has 0 radical (unpaired) electrons. The largest absolute Gasteiger partial charge is 0.507 e. The van der Waals surface area contributed by atoms with Gasteiger partial charge in [-0.2, -0.15) is 0 Å². The fourth-order valence-corrected chi connectivity index (χ4v) is 4.20. The number of amides is 1. The summed E-state index contributed by atoms with van der Waals surface area (Å²) in [6.07, 6.45) is 2.54. The normalized spacial score (nSPS) is 17.3. The van der Waals surface area contributed by atoms with Crippen LogP contribution in [-0.2, 0) is 16.1 Å². The highest BCUT2D eigenvalue weighted by molar-refractivity contribution is 6.46. The minimum Gasteiger partial charge on any atom is -0.507 e. The Labute approximate surface area is 205 Å². The Morgan fingerprint density at radius 2 is 1.74 bits per heavy atom. The number of ether oxygens (including phenoxy) is 1. The van der Waals surface area contributed by atoms with E-state index in [9.17, 15) is 14.7 Å². The second kappa shape index (κ2) is 10.6. The van der Waals surface area contributed by atoms with Crippen LogP contribution < -0.4 is 4.74 Å². The number of benzene rings is 2. The summed E-state index contributed by atoms with van der Waals surface area (Å²) in [7, 11) is 0. The van der Waals surface area contributed by atoms with Gasteiger partial charge in [0, 0.05) is 11.8 Å². The third kappa shape index (κ3) is 5.11. The summed E-state index contributed by atoms with van der Waals surface area (Å²) in [5.41, 5.74) is 3.10. The van der Waals surface area contributed by atoms with Crippen LogP contribution in [-0.4, -0.2) is 33.3 Å². The van der Waals surface area contributed by atoms with Crippen molar-refractivity contribution in [3.8, 4) is 5.75 Å². The second-order valence-corrected chi connectivity index (χ2v) is 8.94. The number of ketones is 1. The van der Waals surface area contributed by atoms with Crippen molar-refractivity contribution in [2.45, 2.75) is 45.7 Å². The quantitative estimate of drug-likeness (QED) is 0.263. The Kier molecular flexibility index (Phi) is 7.30. The van der Waals surface area contributed by atoms with Crippen LogP contribution in [0.1, 0.15) is 61.5 Å². The molecule has 1 aliphatic heterocycles. The number of Topliss-reactive ketones (excluding diaryl/α,β-unsaturated/α-hetero) is 1. The number of nitrogens with zero attached hydrogens (tertiary/aromatic N) is 2. The van der Waals surface area contributed by atoms with E-state index in [0.717, 1.165) is 17.5 Å². The molecule has 0 aliphatic carbocycles.